The summed E-state index contributed by atoms with van der Waals surface area (Å²) in [4.78, 5) is 0. The Morgan fingerprint density at radius 2 is 1.34 bits per heavy atom. The van der Waals surface area contributed by atoms with Crippen molar-refractivity contribution in [2.75, 3.05) is 0 Å². The van der Waals surface area contributed by atoms with Crippen LogP contribution in [-0.2, 0) is 7.05 Å². The van der Waals surface area contributed by atoms with Crippen LogP contribution in [0.4, 0.5) is 0 Å². The van der Waals surface area contributed by atoms with Gasteiger partial charge in [0.15, 0.2) is 6.20 Å². The van der Waals surface area contributed by atoms with E-state index in [1.54, 1.807) is 0 Å². The normalized spacial score (nSPS) is 11.7. The summed E-state index contributed by atoms with van der Waals surface area (Å²) in [6.45, 7) is 11.5. The molecule has 0 unspecified atom stereocenters. The van der Waals surface area contributed by atoms with Gasteiger partial charge in [-0.05, 0) is 76.2 Å². The van der Waals surface area contributed by atoms with Gasteiger partial charge in [0.1, 0.15) is 12.7 Å². The van der Waals surface area contributed by atoms with Crippen LogP contribution in [0.15, 0.2) is 91.3 Å². The van der Waals surface area contributed by atoms with Crippen molar-refractivity contribution in [1.82, 2.24) is 4.57 Å². The van der Waals surface area contributed by atoms with Gasteiger partial charge in [0.2, 0.25) is 5.69 Å². The summed E-state index contributed by atoms with van der Waals surface area (Å²) >= 11 is 0. The molecular weight excluding hydrogens is 424 g/mol. The highest BCUT2D eigenvalue weighted by molar-refractivity contribution is 5.93. The smallest absolute Gasteiger partial charge is 0.237 e. The van der Waals surface area contributed by atoms with E-state index in [0.717, 1.165) is 0 Å². The molecular formula is C33H35N2+. The molecule has 176 valence electrons. The van der Waals surface area contributed by atoms with Gasteiger partial charge in [-0.1, -0.05) is 76.2 Å². The maximum atomic E-state index is 2.45. The number of benzene rings is 3. The fourth-order valence-electron chi connectivity index (χ4n) is 5.26. The summed E-state index contributed by atoms with van der Waals surface area (Å²) < 4.78 is 4.72. The first-order valence-corrected chi connectivity index (χ1v) is 12.7. The summed E-state index contributed by atoms with van der Waals surface area (Å²) in [6.07, 6.45) is 4.45. The van der Waals surface area contributed by atoms with E-state index in [1.165, 1.54) is 55.7 Å². The summed E-state index contributed by atoms with van der Waals surface area (Å²) in [7, 11) is 2.16. The number of aryl methyl sites for hydroxylation is 2. The van der Waals surface area contributed by atoms with Gasteiger partial charge in [0.05, 0.1) is 11.1 Å². The van der Waals surface area contributed by atoms with Gasteiger partial charge >= 0.3 is 0 Å². The molecule has 0 aliphatic rings. The lowest BCUT2D eigenvalue weighted by Gasteiger charge is -2.24. The van der Waals surface area contributed by atoms with E-state index in [9.17, 15) is 0 Å². The van der Waals surface area contributed by atoms with Crippen LogP contribution in [0, 0.1) is 6.92 Å². The van der Waals surface area contributed by atoms with Crippen LogP contribution in [0.1, 0.15) is 56.2 Å². The second-order valence-corrected chi connectivity index (χ2v) is 10.3. The Morgan fingerprint density at radius 1 is 0.714 bits per heavy atom. The lowest BCUT2D eigenvalue weighted by Crippen LogP contribution is -2.31. The van der Waals surface area contributed by atoms with Crippen molar-refractivity contribution in [3.05, 3.63) is 108 Å². The minimum Gasteiger partial charge on any atom is -0.311 e. The Kier molecular flexibility index (Phi) is 6.06. The van der Waals surface area contributed by atoms with Crippen LogP contribution in [0.25, 0.3) is 39.0 Å². The molecule has 0 saturated carbocycles. The van der Waals surface area contributed by atoms with Crippen molar-refractivity contribution in [2.45, 2.75) is 46.5 Å². The third-order valence-electron chi connectivity index (χ3n) is 7.12. The van der Waals surface area contributed by atoms with E-state index in [0.29, 0.717) is 11.8 Å². The van der Waals surface area contributed by atoms with Gasteiger partial charge in [-0.3, -0.25) is 0 Å². The first kappa shape index (κ1) is 23.1. The molecule has 2 heterocycles. The number of aromatic nitrogens is 2. The number of pyridine rings is 1. The Hall–Kier alpha value is -3.65. The van der Waals surface area contributed by atoms with Gasteiger partial charge in [-0.25, -0.2) is 0 Å². The fraction of sp³-hybridized carbons (Fsp3) is 0.242. The zero-order valence-electron chi connectivity index (χ0n) is 21.7. The summed E-state index contributed by atoms with van der Waals surface area (Å²) in [6, 6.07) is 28.7. The summed E-state index contributed by atoms with van der Waals surface area (Å²) in [5, 5.41) is 2.54. The number of hydrogen-bond donors (Lipinski definition) is 0. The zero-order valence-corrected chi connectivity index (χ0v) is 21.7. The highest BCUT2D eigenvalue weighted by atomic mass is 15.0. The highest BCUT2D eigenvalue weighted by Gasteiger charge is 2.25. The zero-order chi connectivity index (χ0) is 24.7. The molecule has 35 heavy (non-hydrogen) atoms. The molecule has 0 spiro atoms. The number of fused-ring (bicyclic) bond motifs is 1. The van der Waals surface area contributed by atoms with Crippen LogP contribution in [0.2, 0.25) is 0 Å². The van der Waals surface area contributed by atoms with Gasteiger partial charge < -0.3 is 4.57 Å². The van der Waals surface area contributed by atoms with E-state index in [1.807, 2.05) is 0 Å². The first-order valence-electron chi connectivity index (χ1n) is 12.7. The molecule has 0 N–H and O–H groups in total. The van der Waals surface area contributed by atoms with Crippen LogP contribution in [0.5, 0.6) is 0 Å². The molecule has 0 atom stereocenters. The monoisotopic (exact) mass is 459 g/mol. The molecule has 0 radical (unpaired) electrons. The van der Waals surface area contributed by atoms with Crippen LogP contribution in [0.3, 0.4) is 0 Å². The average molecular weight is 460 g/mol. The Balaban J connectivity index is 1.85. The molecule has 2 heteroatoms. The molecule has 0 fully saturated rings. The van der Waals surface area contributed by atoms with Crippen molar-refractivity contribution in [2.24, 2.45) is 7.05 Å². The molecule has 5 rings (SSSR count). The van der Waals surface area contributed by atoms with E-state index in [4.69, 9.17) is 0 Å². The van der Waals surface area contributed by atoms with Crippen molar-refractivity contribution in [3.63, 3.8) is 0 Å². The minimum absolute atomic E-state index is 0.392. The third-order valence-corrected chi connectivity index (χ3v) is 7.12. The predicted molar refractivity (Wildman–Crippen MR) is 148 cm³/mol. The molecule has 0 saturated heterocycles. The predicted octanol–water partition coefficient (Wildman–Crippen LogP) is 8.34. The average Bonchev–Trinajstić information content (AvgIpc) is 3.24. The number of hydrogen-bond acceptors (Lipinski definition) is 0. The number of nitrogens with zero attached hydrogens (tertiary/aromatic N) is 2. The second-order valence-electron chi connectivity index (χ2n) is 10.3. The third kappa shape index (κ3) is 4.08. The van der Waals surface area contributed by atoms with Crippen LogP contribution >= 0.6 is 0 Å². The molecule has 0 aliphatic heterocycles. The first-order chi connectivity index (χ1) is 16.9. The van der Waals surface area contributed by atoms with E-state index < -0.39 is 0 Å². The van der Waals surface area contributed by atoms with Gasteiger partial charge in [0, 0.05) is 12.3 Å². The molecule has 5 aromatic rings. The standard InChI is InChI=1S/C33H35N2/c1-22(2)29-20-27(25-12-8-7-9-13-25)21-30(23(3)4)32(29)35-19-16-24(5)31(35)33-28-15-11-10-14-26(28)17-18-34(33)6/h7-23H,1-6H3/q+1. The fourth-order valence-corrected chi connectivity index (χ4v) is 5.26. The van der Waals surface area contributed by atoms with E-state index >= 15 is 0 Å². The maximum absolute atomic E-state index is 2.45. The molecule has 0 amide bonds. The molecule has 3 aromatic carbocycles. The van der Waals surface area contributed by atoms with Crippen molar-refractivity contribution >= 4 is 10.8 Å². The summed E-state index contributed by atoms with van der Waals surface area (Å²) in [5.74, 6) is 0.783. The SMILES string of the molecule is Cc1ccn(-c2c(C(C)C)cc(-c3ccccc3)cc2C(C)C)c1-c1c2ccccc2cc[n+]1C. The van der Waals surface area contributed by atoms with E-state index in [2.05, 4.69) is 142 Å². The molecule has 0 aliphatic carbocycles. The molecule has 2 aromatic heterocycles. The van der Waals surface area contributed by atoms with Crippen molar-refractivity contribution in [3.8, 4) is 28.2 Å². The largest absolute Gasteiger partial charge is 0.311 e. The van der Waals surface area contributed by atoms with Gasteiger partial charge in [-0.2, -0.15) is 4.57 Å². The lowest BCUT2D eigenvalue weighted by molar-refractivity contribution is -0.659. The Bertz CT molecular complexity index is 1470. The summed E-state index contributed by atoms with van der Waals surface area (Å²) in [5.41, 5.74) is 10.5. The Morgan fingerprint density at radius 3 is 2.00 bits per heavy atom. The Labute approximate surface area is 209 Å². The minimum atomic E-state index is 0.392. The highest BCUT2D eigenvalue weighted by Crippen LogP contribution is 2.39. The van der Waals surface area contributed by atoms with Gasteiger partial charge in [-0.15, -0.1) is 0 Å². The van der Waals surface area contributed by atoms with E-state index in [-0.39, 0.29) is 0 Å². The number of rotatable bonds is 5. The van der Waals surface area contributed by atoms with Crippen LogP contribution in [-0.4, -0.2) is 4.57 Å². The second kappa shape index (κ2) is 9.19. The lowest BCUT2D eigenvalue weighted by atomic mass is 9.88. The van der Waals surface area contributed by atoms with Crippen molar-refractivity contribution in [1.29, 1.82) is 0 Å². The quantitative estimate of drug-likeness (QED) is 0.234. The molecule has 2 nitrogen and oxygen atoms in total. The maximum Gasteiger partial charge on any atom is 0.237 e. The van der Waals surface area contributed by atoms with Gasteiger partial charge in [0.25, 0.3) is 0 Å². The topological polar surface area (TPSA) is 8.81 Å². The van der Waals surface area contributed by atoms with Crippen molar-refractivity contribution < 1.29 is 4.57 Å². The molecule has 0 bridgehead atoms. The van der Waals surface area contributed by atoms with Crippen LogP contribution < -0.4 is 4.57 Å².